The molecule has 21 heteroatoms. The number of amides is 3. The molecule has 7 rings (SSSR count). The Morgan fingerprint density at radius 2 is 1.61 bits per heavy atom. The number of likely N-dealkylation sites (tertiary alicyclic amines) is 1. The maximum atomic E-state index is 14.2. The third-order valence-electron chi connectivity index (χ3n) is 12.8. The van der Waals surface area contributed by atoms with E-state index in [2.05, 4.69) is 32.2 Å². The summed E-state index contributed by atoms with van der Waals surface area (Å²) < 4.78 is 36.4. The SMILES string of the molecule is C=C/C=C(\C(O)=C/C)c1cc(-c2cnn(CCOCCOCCOCCOCCOCCOc3cc(-c4scnc4C)ccc3CNC(=O)[C@@H]3C[C@@H](O)CN3C(=O)[C@H](C(C)C)N3Cc4ccccc4C3=O)c2)c(N)nn1. The van der Waals surface area contributed by atoms with Gasteiger partial charge in [-0.3, -0.25) is 19.1 Å². The second-order valence-electron chi connectivity index (χ2n) is 18.4. The first kappa shape index (κ1) is 56.9. The molecule has 406 valence electrons. The summed E-state index contributed by atoms with van der Waals surface area (Å²) in [6, 6.07) is 13.1. The zero-order valence-electron chi connectivity index (χ0n) is 43.6. The number of hydrogen-bond acceptors (Lipinski definition) is 17. The van der Waals surface area contributed by atoms with Crippen LogP contribution >= 0.6 is 11.3 Å². The highest BCUT2D eigenvalue weighted by Crippen LogP contribution is 2.34. The Hall–Kier alpha value is -6.85. The molecule has 1 fully saturated rings. The van der Waals surface area contributed by atoms with E-state index in [4.69, 9.17) is 34.2 Å². The number of carbonyl (C=O) groups is 3. The van der Waals surface area contributed by atoms with E-state index >= 15 is 0 Å². The number of hydrogen-bond donors (Lipinski definition) is 4. The lowest BCUT2D eigenvalue weighted by atomic mass is 10.0. The Kier molecular flexibility index (Phi) is 21.2. The third-order valence-corrected chi connectivity index (χ3v) is 13.8. The highest BCUT2D eigenvalue weighted by Gasteiger charge is 2.46. The van der Waals surface area contributed by atoms with E-state index < -0.39 is 24.1 Å². The van der Waals surface area contributed by atoms with E-state index in [1.165, 1.54) is 16.2 Å². The summed E-state index contributed by atoms with van der Waals surface area (Å²) in [5, 5.41) is 36.7. The Bertz CT molecular complexity index is 2810. The lowest BCUT2D eigenvalue weighted by Crippen LogP contribution is -2.55. The van der Waals surface area contributed by atoms with Gasteiger partial charge in [-0.2, -0.15) is 5.10 Å². The number of fused-ring (bicyclic) bond motifs is 1. The average Bonchev–Trinajstić information content (AvgIpc) is 4.25. The van der Waals surface area contributed by atoms with Gasteiger partial charge in [0.15, 0.2) is 5.82 Å². The standard InChI is InChI=1S/C55H69N9O11S/c1-6-10-44(48(66)7-2)46-29-45(52(56)61-60-46)41-31-59-62(32-41)15-16-70-17-18-71-19-20-72-21-22-73-23-24-74-25-26-75-49-27-38(51-37(5)58-35-76-51)13-14-39(49)30-57-53(67)47-28-42(65)34-63(47)55(69)50(36(3)4)64-33-40-11-8-9-12-43(40)54(64)68/h6-14,27,29,31-32,35-36,42,47,50,65-66H,1,15-26,28,30,33-34H2,2-5H3,(H2,56,61)(H,57,67)/b44-10-,48-7+/t42-,47+,50+/m1/s1. The number of thiazole rings is 1. The summed E-state index contributed by atoms with van der Waals surface area (Å²) >= 11 is 1.52. The second kappa shape index (κ2) is 28.3. The molecular weight excluding hydrogens is 995 g/mol. The van der Waals surface area contributed by atoms with Gasteiger partial charge in [-0.05, 0) is 61.2 Å². The topological polar surface area (TPSA) is 248 Å². The van der Waals surface area contributed by atoms with E-state index in [1.807, 2.05) is 57.3 Å². The van der Waals surface area contributed by atoms with Gasteiger partial charge < -0.3 is 59.5 Å². The van der Waals surface area contributed by atoms with Gasteiger partial charge in [0.05, 0.1) is 107 Å². The van der Waals surface area contributed by atoms with Gasteiger partial charge >= 0.3 is 0 Å². The van der Waals surface area contributed by atoms with Crippen molar-refractivity contribution in [2.45, 2.75) is 71.9 Å². The molecule has 1 saturated heterocycles. The minimum absolute atomic E-state index is 0.00608. The molecule has 2 aliphatic heterocycles. The summed E-state index contributed by atoms with van der Waals surface area (Å²) in [6.07, 6.45) is 7.52. The number of nitrogens with zero attached hydrogens (tertiary/aromatic N) is 7. The number of nitrogens with two attached hydrogens (primary N) is 1. The molecule has 2 aromatic carbocycles. The fourth-order valence-corrected chi connectivity index (χ4v) is 9.73. The normalized spacial score (nSPS) is 16.2. The number of carbonyl (C=O) groups excluding carboxylic acids is 3. The van der Waals surface area contributed by atoms with Crippen molar-refractivity contribution in [2.75, 3.05) is 85.0 Å². The van der Waals surface area contributed by atoms with E-state index in [9.17, 15) is 24.6 Å². The molecule has 0 unspecified atom stereocenters. The van der Waals surface area contributed by atoms with Crippen molar-refractivity contribution in [1.29, 1.82) is 0 Å². The monoisotopic (exact) mass is 1060 g/mol. The summed E-state index contributed by atoms with van der Waals surface area (Å²) in [7, 11) is 0. The highest BCUT2D eigenvalue weighted by atomic mass is 32.1. The molecule has 0 radical (unpaired) electrons. The van der Waals surface area contributed by atoms with Crippen molar-refractivity contribution in [3.8, 4) is 27.3 Å². The number of aryl methyl sites for hydroxylation is 1. The van der Waals surface area contributed by atoms with Gasteiger partial charge in [-0.15, -0.1) is 21.5 Å². The first-order valence-electron chi connectivity index (χ1n) is 25.4. The molecule has 3 atom stereocenters. The Balaban J connectivity index is 0.761. The number of β-amino-alcohol motifs (C(OH)–C–C–N with tert-alkyl or cyclic N) is 1. The van der Waals surface area contributed by atoms with Crippen LogP contribution in [0.4, 0.5) is 5.82 Å². The number of allylic oxidation sites excluding steroid dienone is 4. The molecule has 5 aromatic rings. The highest BCUT2D eigenvalue weighted by molar-refractivity contribution is 7.13. The number of aromatic nitrogens is 5. The third kappa shape index (κ3) is 15.0. The maximum absolute atomic E-state index is 14.2. The van der Waals surface area contributed by atoms with Gasteiger partial charge in [-0.25, -0.2) is 4.98 Å². The second-order valence-corrected chi connectivity index (χ2v) is 19.3. The van der Waals surface area contributed by atoms with Gasteiger partial charge in [0.25, 0.3) is 5.91 Å². The summed E-state index contributed by atoms with van der Waals surface area (Å²) in [6.45, 7) is 16.2. The number of benzene rings is 2. The summed E-state index contributed by atoms with van der Waals surface area (Å²) in [4.78, 5) is 50.0. The van der Waals surface area contributed by atoms with Gasteiger partial charge in [0, 0.05) is 60.1 Å². The number of aliphatic hydroxyl groups is 2. The molecule has 20 nitrogen and oxygen atoms in total. The van der Waals surface area contributed by atoms with Crippen LogP contribution < -0.4 is 15.8 Å². The van der Waals surface area contributed by atoms with E-state index in [0.717, 1.165) is 32.8 Å². The van der Waals surface area contributed by atoms with Crippen molar-refractivity contribution in [3.63, 3.8) is 0 Å². The molecule has 5 N–H and O–H groups in total. The quantitative estimate of drug-likeness (QED) is 0.0241. The van der Waals surface area contributed by atoms with Crippen molar-refractivity contribution in [1.82, 2.24) is 40.1 Å². The molecule has 0 aliphatic carbocycles. The molecular formula is C55H69N9O11S. The number of aliphatic hydroxyl groups excluding tert-OH is 2. The molecule has 2 aliphatic rings. The van der Waals surface area contributed by atoms with Crippen molar-refractivity contribution >= 4 is 40.4 Å². The average molecular weight is 1060 g/mol. The van der Waals surface area contributed by atoms with Gasteiger partial charge in [-0.1, -0.05) is 56.8 Å². The molecule has 5 heterocycles. The van der Waals surface area contributed by atoms with E-state index in [-0.39, 0.29) is 55.4 Å². The van der Waals surface area contributed by atoms with Crippen LogP contribution in [0, 0.1) is 12.8 Å². The Morgan fingerprint density at radius 1 is 0.921 bits per heavy atom. The summed E-state index contributed by atoms with van der Waals surface area (Å²) in [5.74, 6) is -0.354. The lowest BCUT2D eigenvalue weighted by molar-refractivity contribution is -0.143. The Morgan fingerprint density at radius 3 is 2.25 bits per heavy atom. The first-order valence-corrected chi connectivity index (χ1v) is 26.3. The van der Waals surface area contributed by atoms with Crippen LogP contribution in [-0.4, -0.2) is 160 Å². The van der Waals surface area contributed by atoms with Gasteiger partial charge in [0.2, 0.25) is 11.8 Å². The predicted molar refractivity (Wildman–Crippen MR) is 287 cm³/mol. The zero-order valence-corrected chi connectivity index (χ0v) is 44.4. The number of nitrogens with one attached hydrogen (secondary N) is 1. The van der Waals surface area contributed by atoms with Crippen molar-refractivity contribution in [3.05, 3.63) is 125 Å². The van der Waals surface area contributed by atoms with Crippen LogP contribution in [0.25, 0.3) is 27.1 Å². The van der Waals surface area contributed by atoms with Crippen LogP contribution in [-0.2, 0) is 52.9 Å². The minimum atomic E-state index is -0.917. The van der Waals surface area contributed by atoms with Crippen LogP contribution in [0.1, 0.15) is 60.1 Å². The molecule has 0 saturated carbocycles. The van der Waals surface area contributed by atoms with E-state index in [0.29, 0.717) is 107 Å². The largest absolute Gasteiger partial charge is 0.508 e. The van der Waals surface area contributed by atoms with Crippen LogP contribution in [0.3, 0.4) is 0 Å². The molecule has 3 amide bonds. The lowest BCUT2D eigenvalue weighted by Gasteiger charge is -2.35. The van der Waals surface area contributed by atoms with Crippen molar-refractivity contribution < 1.29 is 53.0 Å². The number of ether oxygens (including phenoxy) is 6. The molecule has 0 bridgehead atoms. The fraction of sp³-hybridized carbons (Fsp3) is 0.436. The van der Waals surface area contributed by atoms with Gasteiger partial charge in [0.1, 0.15) is 30.2 Å². The number of rotatable bonds is 30. The first-order chi connectivity index (χ1) is 36.9. The molecule has 76 heavy (non-hydrogen) atoms. The van der Waals surface area contributed by atoms with Crippen LogP contribution in [0.15, 0.2) is 97.0 Å². The molecule has 3 aromatic heterocycles. The Labute approximate surface area is 447 Å². The predicted octanol–water partition coefficient (Wildman–Crippen LogP) is 5.81. The maximum Gasteiger partial charge on any atom is 0.255 e. The number of nitrogen functional groups attached to an aromatic ring is 1. The van der Waals surface area contributed by atoms with Crippen LogP contribution in [0.2, 0.25) is 0 Å². The molecule has 0 spiro atoms. The van der Waals surface area contributed by atoms with Crippen molar-refractivity contribution in [2.24, 2.45) is 5.92 Å². The van der Waals surface area contributed by atoms with E-state index in [1.54, 1.807) is 64.6 Å². The van der Waals surface area contributed by atoms with Crippen LogP contribution in [0.5, 0.6) is 5.75 Å². The summed E-state index contributed by atoms with van der Waals surface area (Å²) in [5.41, 5.74) is 14.2. The zero-order chi connectivity index (χ0) is 54.0. The number of anilines is 1. The fourth-order valence-electron chi connectivity index (χ4n) is 8.93. The minimum Gasteiger partial charge on any atom is -0.508 e. The smallest absolute Gasteiger partial charge is 0.255 e.